The number of anilines is 1. The zero-order chi connectivity index (χ0) is 21.9. The van der Waals surface area contributed by atoms with Crippen molar-refractivity contribution < 1.29 is 27.2 Å². The molecule has 1 aromatic heterocycles. The topological polar surface area (TPSA) is 68.5 Å². The number of aromatic nitrogens is 2. The molecule has 0 saturated heterocycles. The summed E-state index contributed by atoms with van der Waals surface area (Å²) >= 11 is 0. The molecule has 0 unspecified atom stereocenters. The van der Waals surface area contributed by atoms with Crippen molar-refractivity contribution in [2.24, 2.45) is 12.2 Å². The van der Waals surface area contributed by atoms with Crippen LogP contribution in [0, 0.1) is 5.82 Å². The van der Waals surface area contributed by atoms with Crippen LogP contribution >= 0.6 is 0 Å². The molecule has 10 heteroatoms. The number of carbonyl (C=O) groups excluding carboxylic acids is 1. The number of hydrogen-bond donors (Lipinski definition) is 1. The van der Waals surface area contributed by atoms with E-state index >= 15 is 0 Å². The molecular weight excluding hydrogens is 404 g/mol. The first kappa shape index (κ1) is 21.0. The Morgan fingerprint density at radius 1 is 1.20 bits per heavy atom. The van der Waals surface area contributed by atoms with E-state index in [0.717, 1.165) is 16.9 Å². The van der Waals surface area contributed by atoms with Crippen LogP contribution in [0.3, 0.4) is 0 Å². The smallest absolute Gasteiger partial charge is 0.399 e. The van der Waals surface area contributed by atoms with Gasteiger partial charge in [0.1, 0.15) is 12.9 Å². The number of nitrogens with one attached hydrogen (secondary N) is 1. The van der Waals surface area contributed by atoms with Crippen LogP contribution in [-0.4, -0.2) is 29.0 Å². The molecule has 0 atom stereocenters. The molecule has 1 amide bonds. The van der Waals surface area contributed by atoms with Crippen LogP contribution in [-0.2, 0) is 18.1 Å². The Kier molecular flexibility index (Phi) is 5.86. The van der Waals surface area contributed by atoms with Crippen molar-refractivity contribution in [2.45, 2.75) is 6.18 Å². The summed E-state index contributed by atoms with van der Waals surface area (Å²) < 4.78 is 54.9. The van der Waals surface area contributed by atoms with Gasteiger partial charge in [-0.3, -0.25) is 9.48 Å². The summed E-state index contributed by atoms with van der Waals surface area (Å²) in [5.74, 6) is -1.91. The molecule has 3 rings (SSSR count). The Balaban J connectivity index is 1.97. The summed E-state index contributed by atoms with van der Waals surface area (Å²) in [5, 5.41) is 9.19. The number of alkyl halides is 3. The largest absolute Gasteiger partial charge is 0.435 e. The fraction of sp³-hybridized carbons (Fsp3) is 0.150. The first-order chi connectivity index (χ1) is 14.2. The van der Waals surface area contributed by atoms with E-state index in [4.69, 9.17) is 0 Å². The summed E-state index contributed by atoms with van der Waals surface area (Å²) in [4.78, 5) is 17.1. The fourth-order valence-corrected chi connectivity index (χ4v) is 2.80. The van der Waals surface area contributed by atoms with Crippen molar-refractivity contribution in [2.75, 3.05) is 12.4 Å². The highest BCUT2D eigenvalue weighted by Gasteiger charge is 2.39. The molecule has 0 aliphatic heterocycles. The van der Waals surface area contributed by atoms with E-state index in [2.05, 4.69) is 20.4 Å². The van der Waals surface area contributed by atoms with Crippen LogP contribution in [0.2, 0.25) is 0 Å². The number of carbonyl (C=O) groups is 1. The van der Waals surface area contributed by atoms with E-state index in [1.165, 1.54) is 26.4 Å². The van der Waals surface area contributed by atoms with Gasteiger partial charge in [0, 0.05) is 18.8 Å². The van der Waals surface area contributed by atoms with Gasteiger partial charge in [0.25, 0.3) is 5.91 Å². The first-order valence-corrected chi connectivity index (χ1v) is 8.58. The minimum Gasteiger partial charge on any atom is -0.399 e. The van der Waals surface area contributed by atoms with Gasteiger partial charge in [-0.15, -0.1) is 0 Å². The summed E-state index contributed by atoms with van der Waals surface area (Å²) in [6, 6.07) is 10.8. The standard InChI is InChI=1S/C20H16F4N4O2/c1-28-11-15(18(27-28)20(22,23)24)19(29)26-17-14(4-3-5-16(17)21)13-8-6-12(7-9-13)10-25-30-2/h3-11H,1-2H3,(H,26,29)/b25-10+. The predicted octanol–water partition coefficient (Wildman–Crippen LogP) is 4.48. The minimum atomic E-state index is -4.83. The van der Waals surface area contributed by atoms with E-state index in [-0.39, 0.29) is 5.69 Å². The molecule has 1 N–H and O–H groups in total. The monoisotopic (exact) mass is 420 g/mol. The predicted molar refractivity (Wildman–Crippen MR) is 103 cm³/mol. The maximum absolute atomic E-state index is 14.5. The van der Waals surface area contributed by atoms with Crippen molar-refractivity contribution in [1.82, 2.24) is 9.78 Å². The third kappa shape index (κ3) is 4.48. The molecule has 0 saturated carbocycles. The average Bonchev–Trinajstić information content (AvgIpc) is 3.11. The van der Waals surface area contributed by atoms with Gasteiger partial charge in [-0.05, 0) is 17.2 Å². The lowest BCUT2D eigenvalue weighted by Gasteiger charge is -2.13. The van der Waals surface area contributed by atoms with Crippen LogP contribution in [0.1, 0.15) is 21.6 Å². The molecule has 156 valence electrons. The van der Waals surface area contributed by atoms with E-state index in [1.54, 1.807) is 30.3 Å². The van der Waals surface area contributed by atoms with Crippen LogP contribution < -0.4 is 5.32 Å². The number of rotatable bonds is 5. The second-order valence-corrected chi connectivity index (χ2v) is 6.22. The average molecular weight is 420 g/mol. The lowest BCUT2D eigenvalue weighted by atomic mass is 10.0. The number of nitrogens with zero attached hydrogens (tertiary/aromatic N) is 3. The highest BCUT2D eigenvalue weighted by atomic mass is 19.4. The Morgan fingerprint density at radius 2 is 1.90 bits per heavy atom. The van der Waals surface area contributed by atoms with E-state index < -0.39 is 29.2 Å². The SMILES string of the molecule is CO/N=C/c1ccc(-c2cccc(F)c2NC(=O)c2cn(C)nc2C(F)(F)F)cc1. The van der Waals surface area contributed by atoms with Gasteiger partial charge in [0.2, 0.25) is 0 Å². The Labute approximate surface area is 168 Å². The maximum Gasteiger partial charge on any atom is 0.435 e. The normalized spacial score (nSPS) is 11.7. The van der Waals surface area contributed by atoms with Crippen LogP contribution in [0.5, 0.6) is 0 Å². The molecular formula is C20H16F4N4O2. The number of para-hydroxylation sites is 1. The quantitative estimate of drug-likeness (QED) is 0.376. The zero-order valence-corrected chi connectivity index (χ0v) is 15.9. The second kappa shape index (κ2) is 8.36. The Morgan fingerprint density at radius 3 is 2.53 bits per heavy atom. The Bertz CT molecular complexity index is 1090. The molecule has 30 heavy (non-hydrogen) atoms. The highest BCUT2D eigenvalue weighted by molar-refractivity contribution is 6.07. The molecule has 2 aromatic carbocycles. The number of hydrogen-bond acceptors (Lipinski definition) is 4. The second-order valence-electron chi connectivity index (χ2n) is 6.22. The van der Waals surface area contributed by atoms with Crippen molar-refractivity contribution in [3.8, 4) is 11.1 Å². The molecule has 6 nitrogen and oxygen atoms in total. The van der Waals surface area contributed by atoms with Crippen molar-refractivity contribution in [3.63, 3.8) is 0 Å². The lowest BCUT2D eigenvalue weighted by molar-refractivity contribution is -0.141. The van der Waals surface area contributed by atoms with Gasteiger partial charge in [-0.1, -0.05) is 41.6 Å². The third-order valence-electron chi connectivity index (χ3n) is 4.12. The Hall–Kier alpha value is -3.69. The molecule has 0 fully saturated rings. The zero-order valence-electron chi connectivity index (χ0n) is 15.9. The van der Waals surface area contributed by atoms with E-state index in [1.807, 2.05) is 0 Å². The van der Waals surface area contributed by atoms with Crippen LogP contribution in [0.15, 0.2) is 53.8 Å². The molecule has 0 radical (unpaired) electrons. The van der Waals surface area contributed by atoms with E-state index in [9.17, 15) is 22.4 Å². The minimum absolute atomic E-state index is 0.238. The van der Waals surface area contributed by atoms with Crippen LogP contribution in [0.4, 0.5) is 23.2 Å². The van der Waals surface area contributed by atoms with Gasteiger partial charge in [0.15, 0.2) is 5.69 Å². The molecule has 3 aromatic rings. The van der Waals surface area contributed by atoms with E-state index in [0.29, 0.717) is 16.7 Å². The fourth-order valence-electron chi connectivity index (χ4n) is 2.80. The van der Waals surface area contributed by atoms with Gasteiger partial charge in [-0.2, -0.15) is 18.3 Å². The summed E-state index contributed by atoms with van der Waals surface area (Å²) in [7, 11) is 2.66. The van der Waals surface area contributed by atoms with Crippen LogP contribution in [0.25, 0.3) is 11.1 Å². The summed E-state index contributed by atoms with van der Waals surface area (Å²) in [6.45, 7) is 0. The number of oxime groups is 1. The maximum atomic E-state index is 14.5. The van der Waals surface area contributed by atoms with Gasteiger partial charge in [-0.25, -0.2) is 4.39 Å². The van der Waals surface area contributed by atoms with Crippen molar-refractivity contribution in [1.29, 1.82) is 0 Å². The molecule has 0 spiro atoms. The molecule has 0 bridgehead atoms. The summed E-state index contributed by atoms with van der Waals surface area (Å²) in [5.41, 5.74) is -0.726. The molecule has 0 aliphatic rings. The number of aryl methyl sites for hydroxylation is 1. The third-order valence-corrected chi connectivity index (χ3v) is 4.12. The van der Waals surface area contributed by atoms with Crippen molar-refractivity contribution in [3.05, 3.63) is 71.3 Å². The number of amides is 1. The van der Waals surface area contributed by atoms with Gasteiger partial charge >= 0.3 is 6.18 Å². The van der Waals surface area contributed by atoms with Gasteiger partial charge < -0.3 is 10.2 Å². The number of benzene rings is 2. The summed E-state index contributed by atoms with van der Waals surface area (Å²) in [6.07, 6.45) is -2.42. The molecule has 0 aliphatic carbocycles. The number of halogens is 4. The first-order valence-electron chi connectivity index (χ1n) is 8.58. The lowest BCUT2D eigenvalue weighted by Crippen LogP contribution is -2.18. The molecule has 1 heterocycles. The van der Waals surface area contributed by atoms with Crippen molar-refractivity contribution >= 4 is 17.8 Å². The highest BCUT2D eigenvalue weighted by Crippen LogP contribution is 2.33. The van der Waals surface area contributed by atoms with Gasteiger partial charge in [0.05, 0.1) is 17.5 Å².